The van der Waals surface area contributed by atoms with Gasteiger partial charge >= 0.3 is 0 Å². The first kappa shape index (κ1) is 32.5. The number of phenols is 1. The summed E-state index contributed by atoms with van der Waals surface area (Å²) in [6, 6.07) is 7.19. The van der Waals surface area contributed by atoms with Crippen molar-refractivity contribution in [3.63, 3.8) is 0 Å². The number of unbranched alkanes of at least 4 members (excludes halogenated alkanes) is 21. The number of phenolic OH excluding ortho intramolecular Hbond substituents is 1. The molecule has 0 unspecified atom stereocenters. The highest BCUT2D eigenvalue weighted by Crippen LogP contribution is 2.15. The molecule has 0 saturated heterocycles. The molecule has 0 saturated carbocycles. The average molecular weight is 502 g/mol. The molecule has 1 amide bonds. The van der Waals surface area contributed by atoms with E-state index in [2.05, 4.69) is 12.2 Å². The maximum Gasteiger partial charge on any atom is 0.220 e. The topological polar surface area (TPSA) is 49.3 Å². The van der Waals surface area contributed by atoms with Crippen LogP contribution in [-0.4, -0.2) is 17.6 Å². The standard InChI is InChI=1S/C33H59NO2/c1-2-3-4-5-6-7-8-9-10-11-12-13-14-15-16-17-18-19-20-21-22-23-24-33(36)34-30-29-31-25-27-32(35)28-26-31/h25-28,35H,2-24,29-30H2,1H3,(H,34,36). The predicted octanol–water partition coefficient (Wildman–Crippen LogP) is 10.0. The van der Waals surface area contributed by atoms with E-state index in [9.17, 15) is 9.90 Å². The molecular formula is C33H59NO2. The highest BCUT2D eigenvalue weighted by molar-refractivity contribution is 5.75. The Kier molecular flexibility index (Phi) is 22.7. The first-order valence-electron chi connectivity index (χ1n) is 15.8. The van der Waals surface area contributed by atoms with Crippen LogP contribution in [0, 0.1) is 0 Å². The van der Waals surface area contributed by atoms with Crippen LogP contribution in [0.3, 0.4) is 0 Å². The normalized spacial score (nSPS) is 11.1. The van der Waals surface area contributed by atoms with Crippen LogP contribution in [-0.2, 0) is 11.2 Å². The third kappa shape index (κ3) is 21.7. The number of hydrogen-bond donors (Lipinski definition) is 2. The smallest absolute Gasteiger partial charge is 0.220 e. The Morgan fingerprint density at radius 1 is 0.583 bits per heavy atom. The maximum atomic E-state index is 11.9. The molecule has 208 valence electrons. The zero-order valence-electron chi connectivity index (χ0n) is 23.8. The van der Waals surface area contributed by atoms with E-state index in [-0.39, 0.29) is 11.7 Å². The van der Waals surface area contributed by atoms with Crippen molar-refractivity contribution in [2.24, 2.45) is 0 Å². The van der Waals surface area contributed by atoms with Gasteiger partial charge in [0.1, 0.15) is 5.75 Å². The third-order valence-corrected chi connectivity index (χ3v) is 7.43. The second-order valence-corrected chi connectivity index (χ2v) is 10.9. The lowest BCUT2D eigenvalue weighted by Gasteiger charge is -2.06. The van der Waals surface area contributed by atoms with Gasteiger partial charge in [-0.25, -0.2) is 0 Å². The van der Waals surface area contributed by atoms with Crippen LogP contribution in [0.15, 0.2) is 24.3 Å². The molecule has 0 aliphatic carbocycles. The van der Waals surface area contributed by atoms with Gasteiger partial charge in [0.15, 0.2) is 0 Å². The quantitative estimate of drug-likeness (QED) is 0.124. The van der Waals surface area contributed by atoms with E-state index in [0.29, 0.717) is 13.0 Å². The summed E-state index contributed by atoms with van der Waals surface area (Å²) < 4.78 is 0. The van der Waals surface area contributed by atoms with E-state index < -0.39 is 0 Å². The molecule has 1 aromatic carbocycles. The molecule has 3 nitrogen and oxygen atoms in total. The minimum absolute atomic E-state index is 0.168. The minimum Gasteiger partial charge on any atom is -0.508 e. The molecule has 0 spiro atoms. The van der Waals surface area contributed by atoms with Gasteiger partial charge in [0.25, 0.3) is 0 Å². The molecule has 36 heavy (non-hydrogen) atoms. The van der Waals surface area contributed by atoms with E-state index in [4.69, 9.17) is 0 Å². The number of nitrogens with one attached hydrogen (secondary N) is 1. The molecule has 0 heterocycles. The number of hydrogen-bond acceptors (Lipinski definition) is 2. The van der Waals surface area contributed by atoms with Crippen LogP contribution in [0.4, 0.5) is 0 Å². The fourth-order valence-corrected chi connectivity index (χ4v) is 4.99. The van der Waals surface area contributed by atoms with Crippen molar-refractivity contribution in [1.82, 2.24) is 5.32 Å². The summed E-state index contributed by atoms with van der Waals surface area (Å²) in [7, 11) is 0. The number of aromatic hydroxyl groups is 1. The second-order valence-electron chi connectivity index (χ2n) is 10.9. The van der Waals surface area contributed by atoms with Gasteiger partial charge in [-0.05, 0) is 30.5 Å². The molecule has 2 N–H and O–H groups in total. The van der Waals surface area contributed by atoms with Crippen molar-refractivity contribution in [2.45, 2.75) is 161 Å². The van der Waals surface area contributed by atoms with Gasteiger partial charge in [0, 0.05) is 13.0 Å². The van der Waals surface area contributed by atoms with Gasteiger partial charge in [-0.1, -0.05) is 154 Å². The third-order valence-electron chi connectivity index (χ3n) is 7.43. The van der Waals surface area contributed by atoms with Gasteiger partial charge in [0.05, 0.1) is 0 Å². The highest BCUT2D eigenvalue weighted by atomic mass is 16.3. The molecule has 0 atom stereocenters. The summed E-state index contributed by atoms with van der Waals surface area (Å²) >= 11 is 0. The Morgan fingerprint density at radius 3 is 1.33 bits per heavy atom. The average Bonchev–Trinajstić information content (AvgIpc) is 2.88. The summed E-state index contributed by atoms with van der Waals surface area (Å²) in [5.74, 6) is 0.453. The van der Waals surface area contributed by atoms with Crippen molar-refractivity contribution in [1.29, 1.82) is 0 Å². The largest absolute Gasteiger partial charge is 0.508 e. The van der Waals surface area contributed by atoms with Gasteiger partial charge in [-0.2, -0.15) is 0 Å². The van der Waals surface area contributed by atoms with Crippen molar-refractivity contribution in [2.75, 3.05) is 6.54 Å². The summed E-state index contributed by atoms with van der Waals surface area (Å²) in [6.07, 6.45) is 32.0. The minimum atomic E-state index is 0.168. The maximum absolute atomic E-state index is 11.9. The number of rotatable bonds is 26. The Hall–Kier alpha value is -1.51. The van der Waals surface area contributed by atoms with Crippen LogP contribution in [0.2, 0.25) is 0 Å². The lowest BCUT2D eigenvalue weighted by Crippen LogP contribution is -2.25. The number of benzene rings is 1. The highest BCUT2D eigenvalue weighted by Gasteiger charge is 2.01. The van der Waals surface area contributed by atoms with Crippen molar-refractivity contribution in [3.05, 3.63) is 29.8 Å². The van der Waals surface area contributed by atoms with E-state index in [0.717, 1.165) is 18.4 Å². The van der Waals surface area contributed by atoms with Gasteiger partial charge in [-0.3, -0.25) is 4.79 Å². The van der Waals surface area contributed by atoms with E-state index in [1.54, 1.807) is 12.1 Å². The number of carbonyl (C=O) groups excluding carboxylic acids is 1. The van der Waals surface area contributed by atoms with Gasteiger partial charge < -0.3 is 10.4 Å². The molecule has 1 aromatic rings. The summed E-state index contributed by atoms with van der Waals surface area (Å²) in [5.41, 5.74) is 1.14. The lowest BCUT2D eigenvalue weighted by atomic mass is 10.0. The zero-order chi connectivity index (χ0) is 25.9. The molecule has 0 radical (unpaired) electrons. The number of carbonyl (C=O) groups is 1. The van der Waals surface area contributed by atoms with Crippen LogP contribution in [0.25, 0.3) is 0 Å². The Labute approximate surface area is 224 Å². The molecule has 3 heteroatoms. The molecule has 0 aromatic heterocycles. The monoisotopic (exact) mass is 501 g/mol. The summed E-state index contributed by atoms with van der Waals surface area (Å²) in [5, 5.41) is 12.3. The zero-order valence-corrected chi connectivity index (χ0v) is 23.8. The molecule has 0 aliphatic rings. The second kappa shape index (κ2) is 25.2. The van der Waals surface area contributed by atoms with E-state index in [1.165, 1.54) is 135 Å². The Morgan fingerprint density at radius 2 is 0.944 bits per heavy atom. The van der Waals surface area contributed by atoms with Crippen LogP contribution < -0.4 is 5.32 Å². The van der Waals surface area contributed by atoms with E-state index in [1.807, 2.05) is 12.1 Å². The summed E-state index contributed by atoms with van der Waals surface area (Å²) in [4.78, 5) is 11.9. The molecule has 0 bridgehead atoms. The van der Waals surface area contributed by atoms with Crippen molar-refractivity contribution in [3.8, 4) is 5.75 Å². The molecular weight excluding hydrogens is 442 g/mol. The van der Waals surface area contributed by atoms with Gasteiger partial charge in [-0.15, -0.1) is 0 Å². The van der Waals surface area contributed by atoms with Gasteiger partial charge in [0.2, 0.25) is 5.91 Å². The predicted molar refractivity (Wildman–Crippen MR) is 157 cm³/mol. The molecule has 1 rings (SSSR count). The first-order chi connectivity index (χ1) is 17.7. The van der Waals surface area contributed by atoms with Crippen molar-refractivity contribution < 1.29 is 9.90 Å². The Balaban J connectivity index is 1.71. The molecule has 0 aliphatic heterocycles. The van der Waals surface area contributed by atoms with Crippen LogP contribution in [0.1, 0.15) is 160 Å². The Bertz CT molecular complexity index is 598. The molecule has 0 fully saturated rings. The van der Waals surface area contributed by atoms with Crippen molar-refractivity contribution >= 4 is 5.91 Å². The van der Waals surface area contributed by atoms with E-state index >= 15 is 0 Å². The lowest BCUT2D eigenvalue weighted by molar-refractivity contribution is -0.121. The SMILES string of the molecule is CCCCCCCCCCCCCCCCCCCCCCCCC(=O)NCCc1ccc(O)cc1. The first-order valence-corrected chi connectivity index (χ1v) is 15.8. The van der Waals surface area contributed by atoms with Crippen LogP contribution in [0.5, 0.6) is 5.75 Å². The summed E-state index contributed by atoms with van der Waals surface area (Å²) in [6.45, 7) is 2.96. The van der Waals surface area contributed by atoms with Crippen LogP contribution >= 0.6 is 0 Å². The number of amides is 1. The fraction of sp³-hybridized carbons (Fsp3) is 0.788. The fourth-order valence-electron chi connectivity index (χ4n) is 4.99.